The number of rotatable bonds is 36. The molecule has 260 valence electrons. The van der Waals surface area contributed by atoms with Crippen LogP contribution in [0.1, 0.15) is 219 Å². The molecule has 0 aliphatic heterocycles. The minimum Gasteiger partial charge on any atom is -0.260 e. The van der Waals surface area contributed by atoms with Crippen LogP contribution in [0.2, 0.25) is 0 Å². The highest BCUT2D eigenvalue weighted by atomic mass is 17.5. The van der Waals surface area contributed by atoms with Crippen LogP contribution in [0.3, 0.4) is 0 Å². The van der Waals surface area contributed by atoms with Crippen LogP contribution in [0.4, 0.5) is 0 Å². The lowest BCUT2D eigenvalue weighted by molar-refractivity contribution is -0.460. The van der Waals surface area contributed by atoms with Gasteiger partial charge in [-0.1, -0.05) is 200 Å². The van der Waals surface area contributed by atoms with Crippen LogP contribution in [-0.2, 0) is 24.4 Å². The molecule has 5 nitrogen and oxygen atoms in total. The quantitative estimate of drug-likeness (QED) is 0.0301. The van der Waals surface area contributed by atoms with Gasteiger partial charge in [-0.05, 0) is 19.3 Å². The molecule has 0 fully saturated rings. The van der Waals surface area contributed by atoms with E-state index in [-0.39, 0.29) is 12.3 Å². The standard InChI is InChI=1S/C39H74O5/c1-4-7-9-11-13-15-17-19-21-23-25-27-29-31-33-36-38(40)42-44-43-39(41)37(34-6-3)35-32-30-28-26-24-22-20-18-16-14-12-10-8-5-2/h6,37H,3-5,7-36H2,1-2H3. The van der Waals surface area contributed by atoms with Crippen molar-refractivity contribution in [2.24, 2.45) is 5.92 Å². The summed E-state index contributed by atoms with van der Waals surface area (Å²) in [5.41, 5.74) is 0. The summed E-state index contributed by atoms with van der Waals surface area (Å²) in [7, 11) is 0. The number of carbonyl (C=O) groups excluding carboxylic acids is 2. The van der Waals surface area contributed by atoms with Crippen molar-refractivity contribution in [1.82, 2.24) is 0 Å². The highest BCUT2D eigenvalue weighted by Gasteiger charge is 2.20. The summed E-state index contributed by atoms with van der Waals surface area (Å²) in [6.45, 7) is 8.31. The van der Waals surface area contributed by atoms with Gasteiger partial charge in [0.15, 0.2) is 0 Å². The van der Waals surface area contributed by atoms with Crippen molar-refractivity contribution in [3.05, 3.63) is 12.7 Å². The Balaban J connectivity index is 3.60. The summed E-state index contributed by atoms with van der Waals surface area (Å²) < 4.78 is 0. The number of allylic oxidation sites excluding steroid dienone is 1. The molecule has 0 aliphatic rings. The average molecular weight is 623 g/mol. The molecule has 0 rings (SSSR count). The van der Waals surface area contributed by atoms with E-state index in [4.69, 9.17) is 4.89 Å². The van der Waals surface area contributed by atoms with E-state index in [9.17, 15) is 9.59 Å². The molecule has 0 radical (unpaired) electrons. The van der Waals surface area contributed by atoms with Crippen LogP contribution in [0, 0.1) is 5.92 Å². The molecule has 1 unspecified atom stereocenters. The van der Waals surface area contributed by atoms with Crippen molar-refractivity contribution in [3.63, 3.8) is 0 Å². The van der Waals surface area contributed by atoms with Gasteiger partial charge < -0.3 is 0 Å². The first-order valence-electron chi connectivity index (χ1n) is 19.3. The first-order chi connectivity index (χ1) is 21.7. The van der Waals surface area contributed by atoms with Gasteiger partial charge in [0.1, 0.15) is 0 Å². The van der Waals surface area contributed by atoms with Gasteiger partial charge in [0.2, 0.25) is 0 Å². The second-order valence-electron chi connectivity index (χ2n) is 13.2. The Kier molecular flexibility index (Phi) is 35.0. The summed E-state index contributed by atoms with van der Waals surface area (Å²) >= 11 is 0. The highest BCUT2D eigenvalue weighted by Crippen LogP contribution is 2.19. The molecule has 44 heavy (non-hydrogen) atoms. The summed E-state index contributed by atoms with van der Waals surface area (Å²) in [6.07, 6.45) is 40.8. The normalized spacial score (nSPS) is 11.9. The fraction of sp³-hybridized carbons (Fsp3) is 0.897. The smallest absolute Gasteiger partial charge is 0.260 e. The molecule has 0 bridgehead atoms. The first kappa shape index (κ1) is 42.6. The predicted molar refractivity (Wildman–Crippen MR) is 186 cm³/mol. The molecule has 0 aromatic heterocycles. The SMILES string of the molecule is C=CCC(CCCCCCCCCCCCCCCC)C(=O)OOOC(=O)CCCCCCCCCCCCCCCCC. The van der Waals surface area contributed by atoms with Crippen LogP contribution in [0.15, 0.2) is 12.7 Å². The van der Waals surface area contributed by atoms with E-state index < -0.39 is 11.9 Å². The number of carbonyl (C=O) groups is 2. The van der Waals surface area contributed by atoms with E-state index in [1.807, 2.05) is 0 Å². The third kappa shape index (κ3) is 32.0. The summed E-state index contributed by atoms with van der Waals surface area (Å²) in [5.74, 6) is -1.28. The molecule has 0 saturated heterocycles. The first-order valence-corrected chi connectivity index (χ1v) is 19.3. The van der Waals surface area contributed by atoms with Crippen LogP contribution in [0.25, 0.3) is 0 Å². The Morgan fingerprint density at radius 3 is 1.20 bits per heavy atom. The predicted octanol–water partition coefficient (Wildman–Crippen LogP) is 13.2. The lowest BCUT2D eigenvalue weighted by atomic mass is 9.97. The van der Waals surface area contributed by atoms with Gasteiger partial charge in [0.05, 0.1) is 5.92 Å². The Labute approximate surface area is 273 Å². The molecule has 1 atom stereocenters. The van der Waals surface area contributed by atoms with Gasteiger partial charge in [-0.2, -0.15) is 0 Å². The molecule has 0 saturated carbocycles. The van der Waals surface area contributed by atoms with Crippen LogP contribution in [-0.4, -0.2) is 11.9 Å². The fourth-order valence-corrected chi connectivity index (χ4v) is 5.96. The maximum absolute atomic E-state index is 12.4. The molecule has 0 aliphatic carbocycles. The van der Waals surface area contributed by atoms with Gasteiger partial charge >= 0.3 is 11.9 Å². The van der Waals surface area contributed by atoms with E-state index in [2.05, 4.69) is 30.4 Å². The average Bonchev–Trinajstić information content (AvgIpc) is 3.02. The van der Waals surface area contributed by atoms with Gasteiger partial charge in [-0.25, -0.2) is 9.59 Å². The Bertz CT molecular complexity index is 620. The summed E-state index contributed by atoms with van der Waals surface area (Å²) in [5, 5.41) is 4.55. The van der Waals surface area contributed by atoms with Crippen molar-refractivity contribution in [2.75, 3.05) is 0 Å². The largest absolute Gasteiger partial charge is 0.350 e. The van der Waals surface area contributed by atoms with Gasteiger partial charge in [-0.3, -0.25) is 9.78 Å². The van der Waals surface area contributed by atoms with Crippen LogP contribution < -0.4 is 0 Å². The molecule has 0 aromatic rings. The molecular weight excluding hydrogens is 548 g/mol. The zero-order valence-corrected chi connectivity index (χ0v) is 29.5. The minimum absolute atomic E-state index is 0.283. The van der Waals surface area contributed by atoms with Crippen molar-refractivity contribution in [2.45, 2.75) is 219 Å². The molecule has 0 heterocycles. The minimum atomic E-state index is -0.487. The van der Waals surface area contributed by atoms with E-state index in [0.29, 0.717) is 6.42 Å². The maximum Gasteiger partial charge on any atom is 0.350 e. The highest BCUT2D eigenvalue weighted by molar-refractivity contribution is 5.72. The molecule has 0 N–H and O–H groups in total. The lowest BCUT2D eigenvalue weighted by Crippen LogP contribution is -2.19. The van der Waals surface area contributed by atoms with Gasteiger partial charge in [-0.15, -0.1) is 6.58 Å². The van der Waals surface area contributed by atoms with E-state index >= 15 is 0 Å². The molecular formula is C39H74O5. The van der Waals surface area contributed by atoms with E-state index in [0.717, 1.165) is 38.5 Å². The van der Waals surface area contributed by atoms with Crippen molar-refractivity contribution in [3.8, 4) is 0 Å². The van der Waals surface area contributed by atoms with Gasteiger partial charge in [0, 0.05) is 11.5 Å². The van der Waals surface area contributed by atoms with Crippen molar-refractivity contribution < 1.29 is 24.4 Å². The third-order valence-corrected chi connectivity index (χ3v) is 8.92. The summed E-state index contributed by atoms with van der Waals surface area (Å²) in [4.78, 5) is 33.8. The second kappa shape index (κ2) is 36.1. The molecule has 0 amide bonds. The summed E-state index contributed by atoms with van der Waals surface area (Å²) in [6, 6.07) is 0. The second-order valence-corrected chi connectivity index (χ2v) is 13.2. The third-order valence-electron chi connectivity index (χ3n) is 8.92. The topological polar surface area (TPSA) is 61.8 Å². The van der Waals surface area contributed by atoms with Crippen molar-refractivity contribution in [1.29, 1.82) is 0 Å². The van der Waals surface area contributed by atoms with Crippen LogP contribution >= 0.6 is 0 Å². The van der Waals surface area contributed by atoms with Crippen molar-refractivity contribution >= 4 is 11.9 Å². The zero-order chi connectivity index (χ0) is 32.2. The van der Waals surface area contributed by atoms with Gasteiger partial charge in [0.25, 0.3) is 0 Å². The Morgan fingerprint density at radius 1 is 0.500 bits per heavy atom. The number of unbranched alkanes of at least 4 members (excludes halogenated alkanes) is 27. The van der Waals surface area contributed by atoms with E-state index in [1.165, 1.54) is 154 Å². The maximum atomic E-state index is 12.4. The zero-order valence-electron chi connectivity index (χ0n) is 29.5. The number of hydrogen-bond donors (Lipinski definition) is 0. The number of hydrogen-bond acceptors (Lipinski definition) is 5. The Morgan fingerprint density at radius 2 is 0.841 bits per heavy atom. The molecule has 0 spiro atoms. The monoisotopic (exact) mass is 623 g/mol. The Hall–Kier alpha value is -1.36. The molecule has 0 aromatic carbocycles. The van der Waals surface area contributed by atoms with Crippen LogP contribution in [0.5, 0.6) is 0 Å². The van der Waals surface area contributed by atoms with E-state index in [1.54, 1.807) is 6.08 Å². The molecule has 5 heteroatoms. The lowest BCUT2D eigenvalue weighted by Gasteiger charge is -2.12. The fourth-order valence-electron chi connectivity index (χ4n) is 5.96.